The molecule has 3 aromatic heterocycles. The van der Waals surface area contributed by atoms with Gasteiger partial charge in [-0.15, -0.1) is 21.5 Å². The molecule has 0 fully saturated rings. The number of thioether (sulfide) groups is 1. The third kappa shape index (κ3) is 2.98. The van der Waals surface area contributed by atoms with Crippen molar-refractivity contribution in [1.29, 1.82) is 0 Å². The van der Waals surface area contributed by atoms with Crippen LogP contribution in [0.15, 0.2) is 26.1 Å². The second-order valence-corrected chi connectivity index (χ2v) is 8.67. The van der Waals surface area contributed by atoms with Crippen molar-refractivity contribution in [1.82, 2.24) is 20.2 Å². The molecule has 8 heteroatoms. The first-order chi connectivity index (χ1) is 9.80. The Morgan fingerprint density at radius 1 is 1.10 bits per heavy atom. The molecule has 20 heavy (non-hydrogen) atoms. The van der Waals surface area contributed by atoms with Crippen LogP contribution in [0.25, 0.3) is 10.2 Å². The first kappa shape index (κ1) is 14.2. The molecule has 0 amide bonds. The second-order valence-electron chi connectivity index (χ2n) is 3.83. The summed E-state index contributed by atoms with van der Waals surface area (Å²) in [5, 5.41) is 10.5. The first-order valence-corrected chi connectivity index (χ1v) is 9.61. The average molecular weight is 341 g/mol. The lowest BCUT2D eigenvalue weighted by molar-refractivity contribution is 0.953. The van der Waals surface area contributed by atoms with Crippen LogP contribution in [-0.2, 0) is 6.42 Å². The smallest absolute Gasteiger partial charge is 0.181 e. The van der Waals surface area contributed by atoms with Gasteiger partial charge in [0.2, 0.25) is 0 Å². The predicted molar refractivity (Wildman–Crippen MR) is 87.2 cm³/mol. The highest BCUT2D eigenvalue weighted by atomic mass is 32.2. The van der Waals surface area contributed by atoms with E-state index < -0.39 is 0 Å². The molecule has 0 spiro atoms. The lowest BCUT2D eigenvalue weighted by atomic mass is 10.3. The zero-order valence-electron chi connectivity index (χ0n) is 11.0. The molecule has 3 heterocycles. The van der Waals surface area contributed by atoms with E-state index in [0.29, 0.717) is 0 Å². The Bertz CT molecular complexity index is 721. The lowest BCUT2D eigenvalue weighted by Gasteiger charge is -1.96. The monoisotopic (exact) mass is 340 g/mol. The largest absolute Gasteiger partial charge is 0.229 e. The minimum absolute atomic E-state index is 0.935. The molecule has 0 atom stereocenters. The van der Waals surface area contributed by atoms with Gasteiger partial charge in [-0.1, -0.05) is 36.9 Å². The number of rotatable bonds is 5. The highest BCUT2D eigenvalue weighted by Crippen LogP contribution is 2.37. The summed E-state index contributed by atoms with van der Waals surface area (Å²) in [5.41, 5.74) is 0. The third-order valence-corrected chi connectivity index (χ3v) is 6.73. The molecule has 0 aliphatic heterocycles. The highest BCUT2D eigenvalue weighted by molar-refractivity contribution is 8.03. The van der Waals surface area contributed by atoms with Gasteiger partial charge in [-0.05, 0) is 30.0 Å². The van der Waals surface area contributed by atoms with Crippen molar-refractivity contribution in [3.63, 3.8) is 0 Å². The van der Waals surface area contributed by atoms with Gasteiger partial charge < -0.3 is 0 Å². The Balaban J connectivity index is 1.91. The van der Waals surface area contributed by atoms with Crippen LogP contribution in [0.1, 0.15) is 18.7 Å². The lowest BCUT2D eigenvalue weighted by Crippen LogP contribution is -1.82. The van der Waals surface area contributed by atoms with Crippen molar-refractivity contribution in [2.45, 2.75) is 34.0 Å². The number of fused-ring (bicyclic) bond motifs is 1. The summed E-state index contributed by atoms with van der Waals surface area (Å²) in [4.78, 5) is 11.1. The van der Waals surface area contributed by atoms with Crippen LogP contribution in [-0.4, -0.2) is 25.9 Å². The van der Waals surface area contributed by atoms with E-state index in [1.165, 1.54) is 4.88 Å². The van der Waals surface area contributed by atoms with E-state index in [1.807, 2.05) is 0 Å². The van der Waals surface area contributed by atoms with Gasteiger partial charge in [-0.25, -0.2) is 9.97 Å². The fraction of sp³-hybridized carbons (Fsp3) is 0.333. The molecule has 0 aliphatic carbocycles. The molecule has 0 bridgehead atoms. The molecule has 0 saturated carbocycles. The van der Waals surface area contributed by atoms with Crippen LogP contribution in [0, 0.1) is 0 Å². The number of hydrogen-bond donors (Lipinski definition) is 0. The number of aryl methyl sites for hydroxylation is 1. The van der Waals surface area contributed by atoms with Crippen molar-refractivity contribution in [2.24, 2.45) is 0 Å². The summed E-state index contributed by atoms with van der Waals surface area (Å²) in [6, 6.07) is 2.19. The summed E-state index contributed by atoms with van der Waals surface area (Å²) in [5.74, 6) is 1.02. The Morgan fingerprint density at radius 3 is 2.75 bits per heavy atom. The average Bonchev–Trinajstić information content (AvgIpc) is 3.06. The topological polar surface area (TPSA) is 51.6 Å². The molecular weight excluding hydrogens is 328 g/mol. The quantitative estimate of drug-likeness (QED) is 0.508. The van der Waals surface area contributed by atoms with Gasteiger partial charge >= 0.3 is 0 Å². The van der Waals surface area contributed by atoms with Crippen LogP contribution in [0.4, 0.5) is 0 Å². The number of nitrogens with zero attached hydrogens (tertiary/aromatic N) is 4. The van der Waals surface area contributed by atoms with Gasteiger partial charge in [0.25, 0.3) is 0 Å². The van der Waals surface area contributed by atoms with Gasteiger partial charge in [0.1, 0.15) is 16.2 Å². The number of thiophene rings is 1. The van der Waals surface area contributed by atoms with Gasteiger partial charge in [0.15, 0.2) is 8.68 Å². The van der Waals surface area contributed by atoms with Gasteiger partial charge in [-0.2, -0.15) is 0 Å². The molecule has 4 nitrogen and oxygen atoms in total. The Kier molecular flexibility index (Phi) is 4.54. The molecule has 3 aromatic rings. The summed E-state index contributed by atoms with van der Waals surface area (Å²) in [6.07, 6.45) is 2.66. The van der Waals surface area contributed by atoms with Crippen molar-refractivity contribution in [3.8, 4) is 0 Å². The highest BCUT2D eigenvalue weighted by Gasteiger charge is 2.12. The maximum Gasteiger partial charge on any atom is 0.181 e. The molecule has 0 radical (unpaired) electrons. The van der Waals surface area contributed by atoms with E-state index >= 15 is 0 Å². The molecule has 0 N–H and O–H groups in total. The van der Waals surface area contributed by atoms with Crippen LogP contribution in [0.5, 0.6) is 0 Å². The first-order valence-electron chi connectivity index (χ1n) is 6.17. The van der Waals surface area contributed by atoms with E-state index in [1.54, 1.807) is 52.5 Å². The minimum atomic E-state index is 0.935. The van der Waals surface area contributed by atoms with Crippen molar-refractivity contribution < 1.29 is 0 Å². The van der Waals surface area contributed by atoms with Crippen molar-refractivity contribution in [2.75, 3.05) is 5.75 Å². The fourth-order valence-electron chi connectivity index (χ4n) is 1.64. The molecule has 0 aromatic carbocycles. The van der Waals surface area contributed by atoms with Crippen molar-refractivity contribution >= 4 is 56.4 Å². The zero-order valence-corrected chi connectivity index (χ0v) is 14.3. The van der Waals surface area contributed by atoms with E-state index in [2.05, 4.69) is 40.1 Å². The standard InChI is InChI=1S/C12H12N4S4/c1-3-7-5-8-9(18-7)13-6-14-10(8)19-12-16-15-11(20-12)17-4-2/h5-6H,3-4H2,1-2H3. The Labute approximate surface area is 133 Å². The normalized spacial score (nSPS) is 11.3. The van der Waals surface area contributed by atoms with E-state index in [0.717, 1.165) is 36.1 Å². The van der Waals surface area contributed by atoms with Crippen LogP contribution >= 0.6 is 46.2 Å². The zero-order chi connectivity index (χ0) is 13.9. The summed E-state index contributed by atoms with van der Waals surface area (Å²) >= 11 is 6.65. The number of aromatic nitrogens is 4. The Hall–Kier alpha value is -0.700. The summed E-state index contributed by atoms with van der Waals surface area (Å²) < 4.78 is 1.95. The van der Waals surface area contributed by atoms with Gasteiger partial charge in [0, 0.05) is 10.3 Å². The molecule has 104 valence electrons. The molecule has 0 saturated heterocycles. The third-order valence-electron chi connectivity index (χ3n) is 2.53. The predicted octanol–water partition coefficient (Wildman–Crippen LogP) is 4.37. The summed E-state index contributed by atoms with van der Waals surface area (Å²) in [7, 11) is 0. The van der Waals surface area contributed by atoms with Gasteiger partial charge in [-0.3, -0.25) is 0 Å². The maximum absolute atomic E-state index is 4.40. The van der Waals surface area contributed by atoms with Crippen LogP contribution in [0.3, 0.4) is 0 Å². The van der Waals surface area contributed by atoms with E-state index in [-0.39, 0.29) is 0 Å². The second kappa shape index (κ2) is 6.38. The molecule has 3 rings (SSSR count). The molecule has 0 unspecified atom stereocenters. The molecule has 0 aliphatic rings. The summed E-state index contributed by atoms with van der Waals surface area (Å²) in [6.45, 7) is 4.27. The Morgan fingerprint density at radius 2 is 1.95 bits per heavy atom. The minimum Gasteiger partial charge on any atom is -0.229 e. The van der Waals surface area contributed by atoms with Gasteiger partial charge in [0.05, 0.1) is 0 Å². The van der Waals surface area contributed by atoms with Crippen LogP contribution in [0.2, 0.25) is 0 Å². The number of hydrogen-bond acceptors (Lipinski definition) is 8. The van der Waals surface area contributed by atoms with E-state index in [4.69, 9.17) is 0 Å². The van der Waals surface area contributed by atoms with E-state index in [9.17, 15) is 0 Å². The van der Waals surface area contributed by atoms with Crippen molar-refractivity contribution in [3.05, 3.63) is 17.3 Å². The molecular formula is C12H12N4S4. The SMILES string of the molecule is CCSc1nnc(Sc2ncnc3sc(CC)cc23)s1. The maximum atomic E-state index is 4.40. The van der Waals surface area contributed by atoms with Crippen LogP contribution < -0.4 is 0 Å². The fourth-order valence-corrected chi connectivity index (χ4v) is 5.54.